The summed E-state index contributed by atoms with van der Waals surface area (Å²) in [6.45, 7) is 9.09. The van der Waals surface area contributed by atoms with Crippen molar-refractivity contribution in [2.75, 3.05) is 44.8 Å². The third-order valence-corrected chi connectivity index (χ3v) is 7.26. The fourth-order valence-electron chi connectivity index (χ4n) is 4.94. The van der Waals surface area contributed by atoms with E-state index in [0.29, 0.717) is 6.61 Å². The van der Waals surface area contributed by atoms with Crippen molar-refractivity contribution in [3.05, 3.63) is 88.5 Å². The van der Waals surface area contributed by atoms with Crippen LogP contribution in [0.15, 0.2) is 66.2 Å². The van der Waals surface area contributed by atoms with Crippen LogP contribution in [-0.2, 0) is 16.0 Å². The van der Waals surface area contributed by atoms with Crippen LogP contribution in [0.4, 0.5) is 5.69 Å². The first-order valence-electron chi connectivity index (χ1n) is 13.3. The van der Waals surface area contributed by atoms with E-state index in [1.165, 1.54) is 22.3 Å². The number of morpholine rings is 1. The summed E-state index contributed by atoms with van der Waals surface area (Å²) in [7, 11) is 0. The molecule has 1 fully saturated rings. The molecule has 0 saturated carbocycles. The zero-order valence-corrected chi connectivity index (χ0v) is 21.9. The average Bonchev–Trinajstić information content (AvgIpc) is 3.14. The van der Waals surface area contributed by atoms with Gasteiger partial charge in [0.25, 0.3) is 5.91 Å². The number of ether oxygens (including phenoxy) is 2. The number of hydrogen-bond acceptors (Lipinski definition) is 4. The van der Waals surface area contributed by atoms with Gasteiger partial charge in [0.05, 0.1) is 13.2 Å². The Morgan fingerprint density at radius 3 is 2.54 bits per heavy atom. The monoisotopic (exact) mass is 496 g/mol. The lowest BCUT2D eigenvalue weighted by molar-refractivity contribution is -0.112. The summed E-state index contributed by atoms with van der Waals surface area (Å²) >= 11 is 0. The largest absolute Gasteiger partial charge is 0.492 e. The lowest BCUT2D eigenvalue weighted by Gasteiger charge is -2.26. The highest BCUT2D eigenvalue weighted by Gasteiger charge is 2.17. The second-order valence-corrected chi connectivity index (χ2v) is 10.0. The van der Waals surface area contributed by atoms with Crippen LogP contribution in [0.5, 0.6) is 5.75 Å². The molecular weight excluding hydrogens is 460 g/mol. The summed E-state index contributed by atoms with van der Waals surface area (Å²) in [5, 5.41) is 3.12. The lowest BCUT2D eigenvalue weighted by Crippen LogP contribution is -2.38. The Morgan fingerprint density at radius 2 is 1.73 bits per heavy atom. The van der Waals surface area contributed by atoms with E-state index in [0.717, 1.165) is 80.2 Å². The molecule has 1 amide bonds. The van der Waals surface area contributed by atoms with Crippen molar-refractivity contribution in [2.45, 2.75) is 33.1 Å². The number of fused-ring (bicyclic) bond motifs is 1. The minimum absolute atomic E-state index is 0.0447. The first kappa shape index (κ1) is 25.2. The van der Waals surface area contributed by atoms with E-state index in [9.17, 15) is 4.79 Å². The van der Waals surface area contributed by atoms with Crippen LogP contribution in [-0.4, -0.2) is 50.3 Å². The molecule has 1 N–H and O–H groups in total. The molecule has 1 heterocycles. The van der Waals surface area contributed by atoms with Gasteiger partial charge in [-0.1, -0.05) is 48.0 Å². The molecule has 3 aromatic rings. The number of carbonyl (C=O) groups is 1. The number of aryl methyl sites for hydroxylation is 3. The van der Waals surface area contributed by atoms with Gasteiger partial charge in [0.1, 0.15) is 12.4 Å². The van der Waals surface area contributed by atoms with Gasteiger partial charge in [-0.15, -0.1) is 0 Å². The number of nitrogens with zero attached hydrogens (tertiary/aromatic N) is 1. The van der Waals surface area contributed by atoms with Crippen molar-refractivity contribution in [1.82, 2.24) is 4.90 Å². The minimum Gasteiger partial charge on any atom is -0.492 e. The normalized spacial score (nSPS) is 15.9. The maximum Gasteiger partial charge on any atom is 0.251 e. The first-order chi connectivity index (χ1) is 18.0. The number of benzene rings is 3. The number of hydrogen-bond donors (Lipinski definition) is 1. The average molecular weight is 497 g/mol. The maximum atomic E-state index is 13.3. The van der Waals surface area contributed by atoms with Gasteiger partial charge < -0.3 is 14.8 Å². The van der Waals surface area contributed by atoms with Gasteiger partial charge in [-0.05, 0) is 79.1 Å². The Morgan fingerprint density at radius 1 is 0.946 bits per heavy atom. The molecule has 1 aliphatic heterocycles. The molecule has 0 bridgehead atoms. The molecule has 37 heavy (non-hydrogen) atoms. The number of amides is 1. The molecule has 5 nitrogen and oxygen atoms in total. The van der Waals surface area contributed by atoms with E-state index in [2.05, 4.69) is 65.7 Å². The summed E-state index contributed by atoms with van der Waals surface area (Å²) in [5.41, 5.74) is 8.69. The van der Waals surface area contributed by atoms with E-state index < -0.39 is 0 Å². The third kappa shape index (κ3) is 6.48. The quantitative estimate of drug-likeness (QED) is 0.433. The van der Waals surface area contributed by atoms with Crippen LogP contribution in [0.1, 0.15) is 35.1 Å². The third-order valence-electron chi connectivity index (χ3n) is 7.26. The Kier molecular flexibility index (Phi) is 8.02. The molecule has 0 aromatic heterocycles. The second kappa shape index (κ2) is 11.8. The molecule has 2 aliphatic rings. The zero-order valence-electron chi connectivity index (χ0n) is 21.9. The van der Waals surface area contributed by atoms with E-state index in [1.54, 1.807) is 0 Å². The Bertz CT molecular complexity index is 1270. The predicted molar refractivity (Wildman–Crippen MR) is 150 cm³/mol. The van der Waals surface area contributed by atoms with E-state index in [1.807, 2.05) is 25.1 Å². The molecule has 192 valence electrons. The van der Waals surface area contributed by atoms with Gasteiger partial charge in [-0.25, -0.2) is 0 Å². The van der Waals surface area contributed by atoms with Crippen molar-refractivity contribution in [3.63, 3.8) is 0 Å². The van der Waals surface area contributed by atoms with Gasteiger partial charge in [0.2, 0.25) is 0 Å². The van der Waals surface area contributed by atoms with Gasteiger partial charge >= 0.3 is 0 Å². The van der Waals surface area contributed by atoms with Crippen molar-refractivity contribution in [1.29, 1.82) is 0 Å². The number of nitrogens with one attached hydrogen (secondary N) is 1. The fourth-order valence-corrected chi connectivity index (χ4v) is 4.94. The zero-order chi connectivity index (χ0) is 25.6. The molecule has 5 rings (SSSR count). The van der Waals surface area contributed by atoms with Gasteiger partial charge in [-0.3, -0.25) is 9.69 Å². The highest BCUT2D eigenvalue weighted by Crippen LogP contribution is 2.30. The molecule has 0 unspecified atom stereocenters. The molecule has 0 atom stereocenters. The van der Waals surface area contributed by atoms with E-state index >= 15 is 0 Å². The molecule has 1 aliphatic carbocycles. The molecule has 0 spiro atoms. The Balaban J connectivity index is 1.28. The van der Waals surface area contributed by atoms with E-state index in [-0.39, 0.29) is 5.91 Å². The highest BCUT2D eigenvalue weighted by atomic mass is 16.5. The van der Waals surface area contributed by atoms with Crippen LogP contribution in [0, 0.1) is 13.8 Å². The highest BCUT2D eigenvalue weighted by molar-refractivity contribution is 6.07. The van der Waals surface area contributed by atoms with Crippen LogP contribution in [0.25, 0.3) is 17.2 Å². The molecular formula is C32H36N2O3. The van der Waals surface area contributed by atoms with Crippen molar-refractivity contribution in [2.24, 2.45) is 0 Å². The smallest absolute Gasteiger partial charge is 0.251 e. The SMILES string of the molecule is Cc1ccc(-c2ccc3c(c2)C=C(C(=O)Nc2ccc(C)c(OCCN4CCOCC4)c2)CCC3)cc1. The molecule has 0 radical (unpaired) electrons. The number of anilines is 1. The lowest BCUT2D eigenvalue weighted by atomic mass is 9.97. The van der Waals surface area contributed by atoms with Crippen LogP contribution < -0.4 is 10.1 Å². The number of carbonyl (C=O) groups excluding carboxylic acids is 1. The van der Waals surface area contributed by atoms with Crippen LogP contribution >= 0.6 is 0 Å². The summed E-state index contributed by atoms with van der Waals surface area (Å²) < 4.78 is 11.5. The topological polar surface area (TPSA) is 50.8 Å². The summed E-state index contributed by atoms with van der Waals surface area (Å²) in [5.74, 6) is 0.769. The summed E-state index contributed by atoms with van der Waals surface area (Å²) in [6.07, 6.45) is 4.76. The maximum absolute atomic E-state index is 13.3. The Labute approximate surface area is 220 Å². The molecule has 1 saturated heterocycles. The predicted octanol–water partition coefficient (Wildman–Crippen LogP) is 6.04. The summed E-state index contributed by atoms with van der Waals surface area (Å²) in [6, 6.07) is 21.1. The van der Waals surface area contributed by atoms with Crippen molar-refractivity contribution < 1.29 is 14.3 Å². The van der Waals surface area contributed by atoms with Crippen molar-refractivity contribution >= 4 is 17.7 Å². The van der Waals surface area contributed by atoms with Gasteiger partial charge in [0.15, 0.2) is 0 Å². The molecule has 3 aromatic carbocycles. The Hall–Kier alpha value is -3.41. The standard InChI is InChI=1S/C32H36N2O3/c1-23-6-9-26(10-7-23)27-12-11-25-4-3-5-28(21-29(25)20-27)32(35)33-30-13-8-24(2)31(22-30)37-19-16-34-14-17-36-18-15-34/h6-13,20-22H,3-5,14-19H2,1-2H3,(H,33,35). The van der Waals surface area contributed by atoms with Gasteiger partial charge in [-0.2, -0.15) is 0 Å². The number of rotatable bonds is 7. The van der Waals surface area contributed by atoms with Gasteiger partial charge in [0, 0.05) is 37.0 Å². The summed E-state index contributed by atoms with van der Waals surface area (Å²) in [4.78, 5) is 15.7. The fraction of sp³-hybridized carbons (Fsp3) is 0.344. The van der Waals surface area contributed by atoms with Crippen molar-refractivity contribution in [3.8, 4) is 16.9 Å². The minimum atomic E-state index is -0.0447. The van der Waals surface area contributed by atoms with Crippen LogP contribution in [0.3, 0.4) is 0 Å². The van der Waals surface area contributed by atoms with E-state index in [4.69, 9.17) is 9.47 Å². The van der Waals surface area contributed by atoms with Crippen LogP contribution in [0.2, 0.25) is 0 Å². The second-order valence-electron chi connectivity index (χ2n) is 10.0. The molecule has 5 heteroatoms. The first-order valence-corrected chi connectivity index (χ1v) is 13.3.